The van der Waals surface area contributed by atoms with Crippen molar-refractivity contribution < 1.29 is 13.9 Å². The highest BCUT2D eigenvalue weighted by Gasteiger charge is 2.12. The second kappa shape index (κ2) is 3.89. The van der Waals surface area contributed by atoms with Crippen molar-refractivity contribution in [1.29, 1.82) is 0 Å². The molecule has 4 heteroatoms. The van der Waals surface area contributed by atoms with Crippen LogP contribution < -0.4 is 5.43 Å². The summed E-state index contributed by atoms with van der Waals surface area (Å²) in [7, 11) is 0. The average Bonchev–Trinajstić information content (AvgIpc) is 2.10. The molecule has 1 heterocycles. The van der Waals surface area contributed by atoms with E-state index in [0.717, 1.165) is 6.26 Å². The van der Waals surface area contributed by atoms with Crippen molar-refractivity contribution in [2.45, 2.75) is 13.8 Å². The highest BCUT2D eigenvalue weighted by Crippen LogP contribution is 1.98. The zero-order valence-electron chi connectivity index (χ0n) is 7.49. The van der Waals surface area contributed by atoms with Crippen molar-refractivity contribution in [3.8, 4) is 0 Å². The van der Waals surface area contributed by atoms with Gasteiger partial charge in [-0.3, -0.25) is 4.79 Å². The third-order valence-electron chi connectivity index (χ3n) is 1.53. The van der Waals surface area contributed by atoms with E-state index in [4.69, 9.17) is 4.42 Å². The van der Waals surface area contributed by atoms with E-state index in [9.17, 15) is 9.59 Å². The zero-order valence-corrected chi connectivity index (χ0v) is 7.49. The van der Waals surface area contributed by atoms with Gasteiger partial charge in [0.25, 0.3) is 0 Å². The molecule has 1 aromatic rings. The summed E-state index contributed by atoms with van der Waals surface area (Å²) in [4.78, 5) is 22.5. The largest absolute Gasteiger partial charge is 0.471 e. The molecule has 0 aliphatic rings. The molecule has 1 rings (SSSR count). The molecule has 0 amide bonds. The summed E-state index contributed by atoms with van der Waals surface area (Å²) in [5.74, 6) is -0.639. The van der Waals surface area contributed by atoms with Crippen LogP contribution in [0.25, 0.3) is 0 Å². The van der Waals surface area contributed by atoms with Crippen LogP contribution >= 0.6 is 0 Å². The number of hydrogen-bond acceptors (Lipinski definition) is 4. The molecule has 1 aromatic heterocycles. The van der Waals surface area contributed by atoms with Crippen molar-refractivity contribution in [1.82, 2.24) is 0 Å². The Balaban J connectivity index is 3.08. The van der Waals surface area contributed by atoms with Crippen molar-refractivity contribution in [3.63, 3.8) is 0 Å². The summed E-state index contributed by atoms with van der Waals surface area (Å²) in [6, 6.07) is 0. The van der Waals surface area contributed by atoms with Gasteiger partial charge in [-0.2, -0.15) is 0 Å². The fourth-order valence-electron chi connectivity index (χ4n) is 0.873. The standard InChI is InChI=1S/C9H10O4/c1-3-13-9(11)7-5-12-4-6(2)8(7)10/h4-5H,3H2,1-2H3. The number of carbonyl (C=O) groups is 1. The van der Waals surface area contributed by atoms with Crippen molar-refractivity contribution in [2.75, 3.05) is 6.61 Å². The minimum Gasteiger partial charge on any atom is -0.471 e. The Labute approximate surface area is 75.1 Å². The Morgan fingerprint density at radius 2 is 2.23 bits per heavy atom. The Kier molecular flexibility index (Phi) is 2.84. The van der Waals surface area contributed by atoms with Crippen LogP contribution in [0.5, 0.6) is 0 Å². The molecule has 0 aromatic carbocycles. The molecule has 0 fully saturated rings. The monoisotopic (exact) mass is 182 g/mol. The van der Waals surface area contributed by atoms with Crippen LogP contribution in [0.4, 0.5) is 0 Å². The van der Waals surface area contributed by atoms with Gasteiger partial charge >= 0.3 is 5.97 Å². The van der Waals surface area contributed by atoms with Crippen molar-refractivity contribution in [2.24, 2.45) is 0 Å². The molecular weight excluding hydrogens is 172 g/mol. The predicted octanol–water partition coefficient (Wildman–Crippen LogP) is 1.12. The van der Waals surface area contributed by atoms with Crippen molar-refractivity contribution >= 4 is 5.97 Å². The number of aryl methyl sites for hydroxylation is 1. The third kappa shape index (κ3) is 1.96. The van der Waals surface area contributed by atoms with Gasteiger partial charge in [-0.05, 0) is 13.8 Å². The third-order valence-corrected chi connectivity index (χ3v) is 1.53. The second-order valence-corrected chi connectivity index (χ2v) is 2.52. The van der Waals surface area contributed by atoms with Gasteiger partial charge in [0.1, 0.15) is 11.8 Å². The zero-order chi connectivity index (χ0) is 9.84. The molecule has 0 spiro atoms. The Bertz CT molecular complexity index is 364. The number of carbonyl (C=O) groups excluding carboxylic acids is 1. The van der Waals surface area contributed by atoms with Crippen LogP contribution in [0.15, 0.2) is 21.7 Å². The number of rotatable bonds is 2. The minimum absolute atomic E-state index is 0.0538. The Hall–Kier alpha value is -1.58. The molecule has 0 radical (unpaired) electrons. The SMILES string of the molecule is CCOC(=O)c1cocc(C)c1=O. The van der Waals surface area contributed by atoms with Gasteiger partial charge in [0.15, 0.2) is 0 Å². The van der Waals surface area contributed by atoms with Crippen molar-refractivity contribution in [3.05, 3.63) is 33.9 Å². The van der Waals surface area contributed by atoms with E-state index in [2.05, 4.69) is 4.74 Å². The van der Waals surface area contributed by atoms with Crippen LogP contribution in [0.2, 0.25) is 0 Å². The molecule has 0 saturated heterocycles. The van der Waals surface area contributed by atoms with Crippen LogP contribution in [-0.4, -0.2) is 12.6 Å². The normalized spacial score (nSPS) is 9.69. The first-order valence-corrected chi connectivity index (χ1v) is 3.91. The van der Waals surface area contributed by atoms with E-state index in [1.807, 2.05) is 0 Å². The molecule has 0 aliphatic carbocycles. The van der Waals surface area contributed by atoms with Gasteiger partial charge in [0, 0.05) is 5.56 Å². The molecular formula is C9H10O4. The molecule has 70 valence electrons. The topological polar surface area (TPSA) is 56.5 Å². The van der Waals surface area contributed by atoms with E-state index >= 15 is 0 Å². The minimum atomic E-state index is -0.639. The lowest BCUT2D eigenvalue weighted by atomic mass is 10.2. The highest BCUT2D eigenvalue weighted by molar-refractivity contribution is 5.88. The summed E-state index contributed by atoms with van der Waals surface area (Å²) >= 11 is 0. The van der Waals surface area contributed by atoms with Crippen LogP contribution in [0.1, 0.15) is 22.8 Å². The predicted molar refractivity (Wildman–Crippen MR) is 45.7 cm³/mol. The molecule has 0 saturated carbocycles. The molecule has 4 nitrogen and oxygen atoms in total. The maximum Gasteiger partial charge on any atom is 0.345 e. The summed E-state index contributed by atoms with van der Waals surface area (Å²) in [5.41, 5.74) is -0.00268. The van der Waals surface area contributed by atoms with E-state index in [-0.39, 0.29) is 17.6 Å². The number of esters is 1. The van der Waals surface area contributed by atoms with Gasteiger partial charge in [-0.1, -0.05) is 0 Å². The number of ether oxygens (including phenoxy) is 1. The summed E-state index contributed by atoms with van der Waals surface area (Å²) in [6.45, 7) is 3.50. The first kappa shape index (κ1) is 9.51. The molecule has 0 N–H and O–H groups in total. The Morgan fingerprint density at radius 3 is 2.85 bits per heavy atom. The van der Waals surface area contributed by atoms with Crippen LogP contribution in [-0.2, 0) is 4.74 Å². The molecule has 0 aliphatic heterocycles. The molecule has 13 heavy (non-hydrogen) atoms. The van der Waals surface area contributed by atoms with E-state index in [0.29, 0.717) is 5.56 Å². The van der Waals surface area contributed by atoms with Gasteiger partial charge in [0.05, 0.1) is 12.9 Å². The average molecular weight is 182 g/mol. The van der Waals surface area contributed by atoms with Gasteiger partial charge < -0.3 is 9.15 Å². The molecule has 0 bridgehead atoms. The molecule has 0 atom stereocenters. The second-order valence-electron chi connectivity index (χ2n) is 2.52. The van der Waals surface area contributed by atoms with Gasteiger partial charge in [0.2, 0.25) is 5.43 Å². The van der Waals surface area contributed by atoms with E-state index < -0.39 is 5.97 Å². The highest BCUT2D eigenvalue weighted by atomic mass is 16.5. The van der Waals surface area contributed by atoms with Gasteiger partial charge in [-0.25, -0.2) is 4.79 Å². The quantitative estimate of drug-likeness (QED) is 0.643. The summed E-state index contributed by atoms with van der Waals surface area (Å²) < 4.78 is 9.45. The van der Waals surface area contributed by atoms with Crippen LogP contribution in [0, 0.1) is 6.92 Å². The van der Waals surface area contributed by atoms with Crippen LogP contribution in [0.3, 0.4) is 0 Å². The first-order valence-electron chi connectivity index (χ1n) is 3.91. The van der Waals surface area contributed by atoms with E-state index in [1.54, 1.807) is 13.8 Å². The maximum absolute atomic E-state index is 11.3. The Morgan fingerprint density at radius 1 is 1.54 bits per heavy atom. The maximum atomic E-state index is 11.3. The summed E-state index contributed by atoms with van der Waals surface area (Å²) in [6.07, 6.45) is 2.40. The first-order chi connectivity index (χ1) is 6.16. The lowest BCUT2D eigenvalue weighted by Crippen LogP contribution is -2.18. The summed E-state index contributed by atoms with van der Waals surface area (Å²) in [5, 5.41) is 0. The lowest BCUT2D eigenvalue weighted by molar-refractivity contribution is 0.0522. The molecule has 0 unspecified atom stereocenters. The van der Waals surface area contributed by atoms with E-state index in [1.165, 1.54) is 6.26 Å². The number of hydrogen-bond donors (Lipinski definition) is 0. The smallest absolute Gasteiger partial charge is 0.345 e. The van der Waals surface area contributed by atoms with Gasteiger partial charge in [-0.15, -0.1) is 0 Å². The lowest BCUT2D eigenvalue weighted by Gasteiger charge is -1.99. The fraction of sp³-hybridized carbons (Fsp3) is 0.333. The fourth-order valence-corrected chi connectivity index (χ4v) is 0.873.